The Morgan fingerprint density at radius 2 is 1.83 bits per heavy atom. The van der Waals surface area contributed by atoms with E-state index in [9.17, 15) is 10.2 Å². The molecule has 0 radical (unpaired) electrons. The molecule has 2 aliphatic heterocycles. The van der Waals surface area contributed by atoms with Crippen LogP contribution in [0.3, 0.4) is 0 Å². The van der Waals surface area contributed by atoms with Gasteiger partial charge in [-0.2, -0.15) is 0 Å². The van der Waals surface area contributed by atoms with Gasteiger partial charge in [-0.1, -0.05) is 29.4 Å². The number of hydrogen-bond donors (Lipinski definition) is 2. The molecule has 0 aromatic heterocycles. The summed E-state index contributed by atoms with van der Waals surface area (Å²) in [4.78, 5) is 0. The molecule has 2 aliphatic rings. The molecule has 0 saturated carbocycles. The molecular formula is C25H28O4. The van der Waals surface area contributed by atoms with Gasteiger partial charge in [0.2, 0.25) is 0 Å². The zero-order chi connectivity index (χ0) is 20.8. The quantitative estimate of drug-likeness (QED) is 0.653. The zero-order valence-corrected chi connectivity index (χ0v) is 17.5. The first-order valence-electron chi connectivity index (χ1n) is 10.1. The lowest BCUT2D eigenvalue weighted by atomic mass is 9.71. The Morgan fingerprint density at radius 3 is 2.55 bits per heavy atom. The summed E-state index contributed by atoms with van der Waals surface area (Å²) in [5.41, 5.74) is 4.89. The molecule has 2 aromatic rings. The summed E-state index contributed by atoms with van der Waals surface area (Å²) in [5.74, 6) is 1.85. The minimum absolute atomic E-state index is 0.179. The summed E-state index contributed by atoms with van der Waals surface area (Å²) in [6.45, 7) is 8.74. The molecule has 29 heavy (non-hydrogen) atoms. The number of hydrogen-bond acceptors (Lipinski definition) is 4. The van der Waals surface area contributed by atoms with Crippen molar-refractivity contribution in [1.29, 1.82) is 0 Å². The zero-order valence-electron chi connectivity index (χ0n) is 17.5. The highest BCUT2D eigenvalue weighted by atomic mass is 16.5. The van der Waals surface area contributed by atoms with Gasteiger partial charge in [0.15, 0.2) is 0 Å². The van der Waals surface area contributed by atoms with Crippen LogP contribution in [0, 0.1) is 0 Å². The minimum Gasteiger partial charge on any atom is -0.508 e. The van der Waals surface area contributed by atoms with Crippen molar-refractivity contribution in [1.82, 2.24) is 0 Å². The molecule has 2 atom stereocenters. The Hall–Kier alpha value is -2.88. The van der Waals surface area contributed by atoms with Crippen molar-refractivity contribution in [2.75, 3.05) is 6.61 Å². The first-order chi connectivity index (χ1) is 13.8. The SMILES string of the molecule is CC(C)=CCc1c(O)ccc2c1OC1c3ccc(O)cc3OCC21CC=C(C)C. The lowest BCUT2D eigenvalue weighted by molar-refractivity contribution is 0.0721. The fourth-order valence-electron chi connectivity index (χ4n) is 4.27. The molecule has 0 spiro atoms. The van der Waals surface area contributed by atoms with Gasteiger partial charge in [-0.05, 0) is 58.7 Å². The molecule has 2 aromatic carbocycles. The highest BCUT2D eigenvalue weighted by Gasteiger charge is 2.54. The molecule has 0 saturated heterocycles. The van der Waals surface area contributed by atoms with Gasteiger partial charge in [-0.3, -0.25) is 0 Å². The van der Waals surface area contributed by atoms with Crippen molar-refractivity contribution < 1.29 is 19.7 Å². The molecule has 2 heterocycles. The lowest BCUT2D eigenvalue weighted by Gasteiger charge is -2.38. The maximum atomic E-state index is 10.6. The fourth-order valence-corrected chi connectivity index (χ4v) is 4.27. The van der Waals surface area contributed by atoms with E-state index in [-0.39, 0.29) is 23.0 Å². The number of ether oxygens (including phenoxy) is 2. The van der Waals surface area contributed by atoms with Crippen molar-refractivity contribution in [3.63, 3.8) is 0 Å². The van der Waals surface area contributed by atoms with Gasteiger partial charge < -0.3 is 19.7 Å². The molecule has 2 unspecified atom stereocenters. The number of phenols is 2. The molecule has 4 nitrogen and oxygen atoms in total. The van der Waals surface area contributed by atoms with Crippen LogP contribution >= 0.6 is 0 Å². The predicted molar refractivity (Wildman–Crippen MR) is 114 cm³/mol. The van der Waals surface area contributed by atoms with Crippen LogP contribution in [0.4, 0.5) is 0 Å². The minimum atomic E-state index is -0.371. The van der Waals surface area contributed by atoms with E-state index >= 15 is 0 Å². The van der Waals surface area contributed by atoms with Crippen molar-refractivity contribution >= 4 is 0 Å². The fraction of sp³-hybridized carbons (Fsp3) is 0.360. The number of rotatable bonds is 4. The Labute approximate surface area is 172 Å². The van der Waals surface area contributed by atoms with E-state index < -0.39 is 0 Å². The summed E-state index contributed by atoms with van der Waals surface area (Å²) < 4.78 is 12.7. The van der Waals surface area contributed by atoms with Crippen molar-refractivity contribution in [2.45, 2.75) is 52.1 Å². The van der Waals surface area contributed by atoms with Crippen molar-refractivity contribution in [3.8, 4) is 23.0 Å². The number of phenolic OH excluding ortho intramolecular Hbond substituents is 2. The van der Waals surface area contributed by atoms with Gasteiger partial charge >= 0.3 is 0 Å². The van der Waals surface area contributed by atoms with Crippen LogP contribution in [0.25, 0.3) is 0 Å². The number of allylic oxidation sites excluding steroid dienone is 4. The van der Waals surface area contributed by atoms with Crippen LogP contribution in [0.5, 0.6) is 23.0 Å². The summed E-state index contributed by atoms with van der Waals surface area (Å²) in [7, 11) is 0. The second-order valence-electron chi connectivity index (χ2n) is 8.58. The van der Waals surface area contributed by atoms with Gasteiger partial charge in [0.25, 0.3) is 0 Å². The Bertz CT molecular complexity index is 1010. The van der Waals surface area contributed by atoms with E-state index in [0.717, 1.165) is 28.9 Å². The van der Waals surface area contributed by atoms with E-state index in [2.05, 4.69) is 26.0 Å². The predicted octanol–water partition coefficient (Wildman–Crippen LogP) is 5.73. The van der Waals surface area contributed by atoms with Crippen LogP contribution in [-0.2, 0) is 11.8 Å². The summed E-state index contributed by atoms with van der Waals surface area (Å²) in [6, 6.07) is 8.95. The number of aromatic hydroxyl groups is 2. The van der Waals surface area contributed by atoms with Gasteiger partial charge in [0, 0.05) is 22.8 Å². The molecular weight excluding hydrogens is 364 g/mol. The molecule has 0 fully saturated rings. The van der Waals surface area contributed by atoms with Gasteiger partial charge in [-0.25, -0.2) is 0 Å². The third kappa shape index (κ3) is 3.27. The summed E-state index contributed by atoms with van der Waals surface area (Å²) in [6.07, 6.45) is 5.49. The molecule has 4 rings (SSSR count). The normalized spacial score (nSPS) is 21.2. The molecule has 152 valence electrons. The van der Waals surface area contributed by atoms with Crippen LogP contribution in [0.15, 0.2) is 53.6 Å². The maximum absolute atomic E-state index is 10.6. The van der Waals surface area contributed by atoms with E-state index in [0.29, 0.717) is 18.8 Å². The molecule has 0 aliphatic carbocycles. The van der Waals surface area contributed by atoms with Crippen molar-refractivity contribution in [2.24, 2.45) is 0 Å². The topological polar surface area (TPSA) is 58.9 Å². The van der Waals surface area contributed by atoms with Crippen LogP contribution in [0.1, 0.15) is 56.9 Å². The average molecular weight is 392 g/mol. The summed E-state index contributed by atoms with van der Waals surface area (Å²) >= 11 is 0. The first kappa shape index (κ1) is 19.4. The number of fused-ring (bicyclic) bond motifs is 5. The average Bonchev–Trinajstić information content (AvgIpc) is 3.00. The van der Waals surface area contributed by atoms with E-state index in [4.69, 9.17) is 9.47 Å². The van der Waals surface area contributed by atoms with Crippen LogP contribution in [0.2, 0.25) is 0 Å². The molecule has 4 heteroatoms. The Balaban J connectivity index is 1.89. The monoisotopic (exact) mass is 392 g/mol. The molecule has 2 N–H and O–H groups in total. The highest BCUT2D eigenvalue weighted by Crippen LogP contribution is 2.59. The van der Waals surface area contributed by atoms with Crippen molar-refractivity contribution in [3.05, 3.63) is 70.3 Å². The second kappa shape index (κ2) is 7.18. The highest BCUT2D eigenvalue weighted by molar-refractivity contribution is 5.60. The largest absolute Gasteiger partial charge is 0.508 e. The van der Waals surface area contributed by atoms with Crippen LogP contribution in [-0.4, -0.2) is 16.8 Å². The Morgan fingerprint density at radius 1 is 1.07 bits per heavy atom. The van der Waals surface area contributed by atoms with E-state index in [1.807, 2.05) is 26.0 Å². The van der Waals surface area contributed by atoms with E-state index in [1.54, 1.807) is 18.2 Å². The smallest absolute Gasteiger partial charge is 0.141 e. The Kier molecular flexibility index (Phi) is 4.81. The lowest BCUT2D eigenvalue weighted by Crippen LogP contribution is -2.41. The standard InChI is InChI=1S/C25H28O4/c1-15(2)5-7-18-21(27)10-9-20-23(18)29-24-19-8-6-17(26)13-22(19)28-14-25(20,24)12-11-16(3)4/h5-6,8-11,13,24,26-27H,7,12,14H2,1-4H3. The molecule has 0 amide bonds. The maximum Gasteiger partial charge on any atom is 0.141 e. The third-order valence-electron chi connectivity index (χ3n) is 5.86. The third-order valence-corrected chi connectivity index (χ3v) is 5.86. The van der Waals surface area contributed by atoms with E-state index in [1.165, 1.54) is 11.1 Å². The second-order valence-corrected chi connectivity index (χ2v) is 8.58. The van der Waals surface area contributed by atoms with Gasteiger partial charge in [0.05, 0.1) is 5.41 Å². The van der Waals surface area contributed by atoms with Crippen LogP contribution < -0.4 is 9.47 Å². The molecule has 0 bridgehead atoms. The summed E-state index contributed by atoms with van der Waals surface area (Å²) in [5, 5.41) is 20.4. The first-order valence-corrected chi connectivity index (χ1v) is 10.1. The number of benzene rings is 2. The van der Waals surface area contributed by atoms with Gasteiger partial charge in [-0.15, -0.1) is 0 Å². The van der Waals surface area contributed by atoms with Gasteiger partial charge in [0.1, 0.15) is 35.7 Å².